The Balaban J connectivity index is 1.98. The first-order valence-electron chi connectivity index (χ1n) is 10.1. The lowest BCUT2D eigenvalue weighted by atomic mass is 10.0. The van der Waals surface area contributed by atoms with Gasteiger partial charge in [-0.2, -0.15) is 0 Å². The van der Waals surface area contributed by atoms with Crippen molar-refractivity contribution in [2.24, 2.45) is 0 Å². The molecule has 0 aliphatic carbocycles. The van der Waals surface area contributed by atoms with Gasteiger partial charge >= 0.3 is 5.97 Å². The predicted octanol–water partition coefficient (Wildman–Crippen LogP) is 4.25. The van der Waals surface area contributed by atoms with Gasteiger partial charge in [0.15, 0.2) is 0 Å². The van der Waals surface area contributed by atoms with Crippen LogP contribution in [-0.4, -0.2) is 15.5 Å². The van der Waals surface area contributed by atoms with E-state index in [1.54, 1.807) is 29.7 Å². The maximum absolute atomic E-state index is 13.4. The molecule has 1 aromatic heterocycles. The number of nitrogens with two attached hydrogens (primary N) is 1. The first kappa shape index (κ1) is 21.3. The van der Waals surface area contributed by atoms with E-state index < -0.39 is 0 Å². The Labute approximate surface area is 176 Å². The number of anilines is 1. The highest BCUT2D eigenvalue weighted by Gasteiger charge is 2.16. The summed E-state index contributed by atoms with van der Waals surface area (Å²) in [7, 11) is 0. The summed E-state index contributed by atoms with van der Waals surface area (Å²) >= 11 is 0. The molecule has 0 aliphatic heterocycles. The second-order valence-corrected chi connectivity index (χ2v) is 7.32. The number of hydrogen-bond acceptors (Lipinski definition) is 5. The molecule has 0 fully saturated rings. The monoisotopic (exact) mass is 405 g/mol. The van der Waals surface area contributed by atoms with Crippen LogP contribution >= 0.6 is 0 Å². The minimum atomic E-state index is -0.266. The number of ether oxygens (including phenoxy) is 1. The van der Waals surface area contributed by atoms with E-state index in [0.717, 1.165) is 24.0 Å². The summed E-state index contributed by atoms with van der Waals surface area (Å²) in [6, 6.07) is 14.5. The lowest BCUT2D eigenvalue weighted by molar-refractivity contribution is -0.134. The van der Waals surface area contributed by atoms with Crippen LogP contribution in [0.5, 0.6) is 5.75 Å². The Morgan fingerprint density at radius 2 is 1.80 bits per heavy atom. The van der Waals surface area contributed by atoms with Crippen molar-refractivity contribution < 1.29 is 9.53 Å². The number of benzene rings is 2. The van der Waals surface area contributed by atoms with Gasteiger partial charge in [0.1, 0.15) is 11.6 Å². The van der Waals surface area contributed by atoms with Gasteiger partial charge < -0.3 is 10.5 Å². The normalized spacial score (nSPS) is 10.8. The van der Waals surface area contributed by atoms with Gasteiger partial charge in [-0.25, -0.2) is 4.98 Å². The van der Waals surface area contributed by atoms with Crippen LogP contribution in [0.3, 0.4) is 0 Å². The molecule has 0 spiro atoms. The van der Waals surface area contributed by atoms with Crippen LogP contribution in [0.15, 0.2) is 53.3 Å². The van der Waals surface area contributed by atoms with Crippen LogP contribution in [0.4, 0.5) is 5.69 Å². The van der Waals surface area contributed by atoms with E-state index in [9.17, 15) is 9.59 Å². The molecule has 3 aromatic rings. The largest absolute Gasteiger partial charge is 0.426 e. The van der Waals surface area contributed by atoms with Crippen LogP contribution in [0.25, 0.3) is 11.1 Å². The SMILES string of the molecule is CCCCC(=O)Oc1ccccc1Cn1c(C)nc(C)c(-c2ccc(N)cc2)c1=O. The van der Waals surface area contributed by atoms with Gasteiger partial charge in [0.05, 0.1) is 17.8 Å². The van der Waals surface area contributed by atoms with Crippen molar-refractivity contribution in [2.45, 2.75) is 46.6 Å². The Hall–Kier alpha value is -3.41. The molecule has 6 heteroatoms. The smallest absolute Gasteiger partial charge is 0.311 e. The average molecular weight is 405 g/mol. The van der Waals surface area contributed by atoms with E-state index in [1.165, 1.54) is 0 Å². The minimum absolute atomic E-state index is 0.142. The predicted molar refractivity (Wildman–Crippen MR) is 119 cm³/mol. The maximum Gasteiger partial charge on any atom is 0.311 e. The molecule has 0 atom stereocenters. The van der Waals surface area contributed by atoms with Gasteiger partial charge in [0, 0.05) is 17.7 Å². The van der Waals surface area contributed by atoms with Crippen molar-refractivity contribution in [3.8, 4) is 16.9 Å². The van der Waals surface area contributed by atoms with Gasteiger partial charge in [-0.15, -0.1) is 0 Å². The number of aryl methyl sites for hydroxylation is 2. The fourth-order valence-corrected chi connectivity index (χ4v) is 3.36. The van der Waals surface area contributed by atoms with Gasteiger partial charge in [-0.1, -0.05) is 43.7 Å². The van der Waals surface area contributed by atoms with E-state index in [-0.39, 0.29) is 18.1 Å². The summed E-state index contributed by atoms with van der Waals surface area (Å²) in [5.41, 5.74) is 9.00. The fourth-order valence-electron chi connectivity index (χ4n) is 3.36. The van der Waals surface area contributed by atoms with Crippen LogP contribution in [0, 0.1) is 13.8 Å². The molecule has 2 aromatic carbocycles. The number of carbonyl (C=O) groups is 1. The van der Waals surface area contributed by atoms with E-state index in [2.05, 4.69) is 4.98 Å². The van der Waals surface area contributed by atoms with E-state index in [0.29, 0.717) is 34.9 Å². The van der Waals surface area contributed by atoms with Crippen molar-refractivity contribution in [2.75, 3.05) is 5.73 Å². The van der Waals surface area contributed by atoms with Crippen molar-refractivity contribution in [3.05, 3.63) is 76.0 Å². The van der Waals surface area contributed by atoms with E-state index >= 15 is 0 Å². The number of nitrogen functional groups attached to an aromatic ring is 1. The van der Waals surface area contributed by atoms with Crippen molar-refractivity contribution in [1.29, 1.82) is 0 Å². The van der Waals surface area contributed by atoms with Gasteiger partial charge in [-0.3, -0.25) is 14.2 Å². The number of esters is 1. The summed E-state index contributed by atoms with van der Waals surface area (Å²) in [5, 5.41) is 0. The Morgan fingerprint density at radius 3 is 2.50 bits per heavy atom. The molecule has 30 heavy (non-hydrogen) atoms. The number of aromatic nitrogens is 2. The molecule has 6 nitrogen and oxygen atoms in total. The molecule has 0 amide bonds. The molecule has 0 saturated heterocycles. The summed E-state index contributed by atoms with van der Waals surface area (Å²) in [5.74, 6) is 0.807. The lowest BCUT2D eigenvalue weighted by Crippen LogP contribution is -2.27. The quantitative estimate of drug-likeness (QED) is 0.361. The number of unbranched alkanes of at least 4 members (excludes halogenated alkanes) is 1. The van der Waals surface area contributed by atoms with Crippen molar-refractivity contribution in [3.63, 3.8) is 0 Å². The Bertz CT molecular complexity index is 1100. The van der Waals surface area contributed by atoms with Gasteiger partial charge in [0.25, 0.3) is 5.56 Å². The first-order chi connectivity index (χ1) is 14.4. The highest BCUT2D eigenvalue weighted by molar-refractivity contribution is 5.72. The summed E-state index contributed by atoms with van der Waals surface area (Å²) in [6.45, 7) is 5.92. The molecule has 1 heterocycles. The summed E-state index contributed by atoms with van der Waals surface area (Å²) < 4.78 is 7.17. The minimum Gasteiger partial charge on any atom is -0.426 e. The molecule has 0 saturated carbocycles. The average Bonchev–Trinajstić information content (AvgIpc) is 2.72. The third-order valence-corrected chi connectivity index (χ3v) is 5.00. The van der Waals surface area contributed by atoms with Crippen molar-refractivity contribution >= 4 is 11.7 Å². The van der Waals surface area contributed by atoms with Gasteiger partial charge in [-0.05, 0) is 44.0 Å². The molecule has 156 valence electrons. The first-order valence-corrected chi connectivity index (χ1v) is 10.1. The lowest BCUT2D eigenvalue weighted by Gasteiger charge is -2.16. The highest BCUT2D eigenvalue weighted by Crippen LogP contribution is 2.23. The fraction of sp³-hybridized carbons (Fsp3) is 0.292. The third-order valence-electron chi connectivity index (χ3n) is 5.00. The zero-order chi connectivity index (χ0) is 21.7. The van der Waals surface area contributed by atoms with E-state index in [1.807, 2.05) is 44.2 Å². The number of carbonyl (C=O) groups excluding carboxylic acids is 1. The molecule has 3 rings (SSSR count). The van der Waals surface area contributed by atoms with Crippen LogP contribution in [0.2, 0.25) is 0 Å². The third kappa shape index (κ3) is 4.76. The topological polar surface area (TPSA) is 87.2 Å². The van der Waals surface area contributed by atoms with Crippen molar-refractivity contribution in [1.82, 2.24) is 9.55 Å². The maximum atomic E-state index is 13.4. The standard InChI is InChI=1S/C24H27N3O3/c1-4-5-10-22(28)30-21-9-7-6-8-19(21)15-27-17(3)26-16(2)23(24(27)29)18-11-13-20(25)14-12-18/h6-9,11-14H,4-5,10,15,25H2,1-3H3. The second-order valence-electron chi connectivity index (χ2n) is 7.32. The highest BCUT2D eigenvalue weighted by atomic mass is 16.5. The Morgan fingerprint density at radius 1 is 1.10 bits per heavy atom. The molecule has 0 unspecified atom stereocenters. The van der Waals surface area contributed by atoms with Gasteiger partial charge in [0.2, 0.25) is 0 Å². The Kier molecular flexibility index (Phi) is 6.67. The van der Waals surface area contributed by atoms with Crippen LogP contribution in [-0.2, 0) is 11.3 Å². The number of para-hydroxylation sites is 1. The summed E-state index contributed by atoms with van der Waals surface area (Å²) in [6.07, 6.45) is 2.08. The molecule has 0 aliphatic rings. The number of nitrogens with zero attached hydrogens (tertiary/aromatic N) is 2. The summed E-state index contributed by atoms with van der Waals surface area (Å²) in [4.78, 5) is 30.1. The van der Waals surface area contributed by atoms with Crippen LogP contribution in [0.1, 0.15) is 43.3 Å². The zero-order valence-electron chi connectivity index (χ0n) is 17.6. The van der Waals surface area contributed by atoms with E-state index in [4.69, 9.17) is 10.5 Å². The molecule has 0 bridgehead atoms. The zero-order valence-corrected chi connectivity index (χ0v) is 17.6. The second kappa shape index (κ2) is 9.39. The molecular formula is C24H27N3O3. The molecule has 2 N–H and O–H groups in total. The molecular weight excluding hydrogens is 378 g/mol. The molecule has 0 radical (unpaired) electrons. The number of rotatable bonds is 7. The number of hydrogen-bond donors (Lipinski definition) is 1. The van der Waals surface area contributed by atoms with Crippen LogP contribution < -0.4 is 16.0 Å².